The van der Waals surface area contributed by atoms with Gasteiger partial charge in [0.1, 0.15) is 0 Å². The van der Waals surface area contributed by atoms with Gasteiger partial charge in [0, 0.05) is 17.0 Å². The number of H-pyrrole nitrogens is 1. The van der Waals surface area contributed by atoms with Gasteiger partial charge in [-0.2, -0.15) is 0 Å². The normalized spacial score (nSPS) is 14.2. The number of thioether (sulfide) groups is 1. The highest BCUT2D eigenvalue weighted by Gasteiger charge is 2.20. The lowest BCUT2D eigenvalue weighted by Crippen LogP contribution is -2.22. The molecule has 0 radical (unpaired) electrons. The quantitative estimate of drug-likeness (QED) is 0.755. The zero-order valence-electron chi connectivity index (χ0n) is 12.1. The highest BCUT2D eigenvalue weighted by molar-refractivity contribution is 7.98. The maximum atomic E-state index is 12.1. The van der Waals surface area contributed by atoms with Crippen molar-refractivity contribution in [3.05, 3.63) is 57.5 Å². The van der Waals surface area contributed by atoms with Crippen LogP contribution in [-0.4, -0.2) is 19.6 Å². The minimum absolute atomic E-state index is 0.00536. The first-order valence-corrected chi connectivity index (χ1v) is 8.47. The Morgan fingerprint density at radius 2 is 1.95 bits per heavy atom. The molecule has 1 N–H and O–H groups in total. The van der Waals surface area contributed by atoms with E-state index in [-0.39, 0.29) is 5.56 Å². The maximum Gasteiger partial charge on any atom is 0.255 e. The summed E-state index contributed by atoms with van der Waals surface area (Å²) in [6.45, 7) is 0. The fourth-order valence-electron chi connectivity index (χ4n) is 2.97. The van der Waals surface area contributed by atoms with E-state index < -0.39 is 0 Å². The average Bonchev–Trinajstić information content (AvgIpc) is 2.97. The Morgan fingerprint density at radius 1 is 1.14 bits per heavy atom. The van der Waals surface area contributed by atoms with Gasteiger partial charge in [-0.15, -0.1) is 10.2 Å². The van der Waals surface area contributed by atoms with Crippen LogP contribution < -0.4 is 5.56 Å². The van der Waals surface area contributed by atoms with Gasteiger partial charge in [0.25, 0.3) is 5.56 Å². The van der Waals surface area contributed by atoms with E-state index in [0.29, 0.717) is 5.78 Å². The summed E-state index contributed by atoms with van der Waals surface area (Å²) in [5.74, 6) is 1.40. The number of nitrogens with zero attached hydrogens (tertiary/aromatic N) is 3. The summed E-state index contributed by atoms with van der Waals surface area (Å²) in [4.78, 5) is 15.0. The van der Waals surface area contributed by atoms with E-state index in [1.165, 1.54) is 5.56 Å². The van der Waals surface area contributed by atoms with Crippen LogP contribution in [0.25, 0.3) is 5.78 Å². The zero-order chi connectivity index (χ0) is 14.9. The third-order valence-corrected chi connectivity index (χ3v) is 5.05. The molecule has 0 bridgehead atoms. The standard InChI is InChI=1S/C16H16N4OS/c21-14-12-8-4-5-9-13(12)20-15(17-14)18-19-16(20)22-10-11-6-2-1-3-7-11/h1-3,6-7H,4-5,8-10H2,(H,17,18,21). The third-order valence-electron chi connectivity index (χ3n) is 4.05. The Hall–Kier alpha value is -2.08. The molecule has 1 aliphatic rings. The predicted molar refractivity (Wildman–Crippen MR) is 86.3 cm³/mol. The SMILES string of the molecule is O=c1[nH]c2nnc(SCc3ccccc3)n2c2c1CCCC2. The molecule has 0 spiro atoms. The van der Waals surface area contributed by atoms with Crippen LogP contribution in [0.4, 0.5) is 0 Å². The highest BCUT2D eigenvalue weighted by Crippen LogP contribution is 2.25. The monoisotopic (exact) mass is 312 g/mol. The van der Waals surface area contributed by atoms with Gasteiger partial charge in [-0.1, -0.05) is 42.1 Å². The molecule has 0 unspecified atom stereocenters. The molecule has 1 aliphatic carbocycles. The number of nitrogens with one attached hydrogen (secondary N) is 1. The van der Waals surface area contributed by atoms with Gasteiger partial charge in [-0.05, 0) is 31.2 Å². The van der Waals surface area contributed by atoms with Crippen molar-refractivity contribution in [2.45, 2.75) is 36.6 Å². The van der Waals surface area contributed by atoms with E-state index in [2.05, 4.69) is 27.3 Å². The van der Waals surface area contributed by atoms with Crippen LogP contribution in [0.2, 0.25) is 0 Å². The topological polar surface area (TPSA) is 63.0 Å². The van der Waals surface area contributed by atoms with Crippen molar-refractivity contribution < 1.29 is 0 Å². The second kappa shape index (κ2) is 5.61. The van der Waals surface area contributed by atoms with Crippen molar-refractivity contribution in [1.82, 2.24) is 19.6 Å². The molecule has 3 aromatic rings. The molecule has 0 aliphatic heterocycles. The van der Waals surface area contributed by atoms with E-state index in [1.54, 1.807) is 11.8 Å². The van der Waals surface area contributed by atoms with Crippen molar-refractivity contribution in [3.8, 4) is 0 Å². The van der Waals surface area contributed by atoms with E-state index in [9.17, 15) is 4.79 Å². The van der Waals surface area contributed by atoms with Crippen LogP contribution in [0.3, 0.4) is 0 Å². The molecule has 5 nitrogen and oxygen atoms in total. The highest BCUT2D eigenvalue weighted by atomic mass is 32.2. The lowest BCUT2D eigenvalue weighted by molar-refractivity contribution is 0.639. The molecule has 2 aromatic heterocycles. The molecular weight excluding hydrogens is 296 g/mol. The van der Waals surface area contributed by atoms with Gasteiger partial charge < -0.3 is 0 Å². The molecule has 22 heavy (non-hydrogen) atoms. The van der Waals surface area contributed by atoms with Crippen LogP contribution in [-0.2, 0) is 18.6 Å². The van der Waals surface area contributed by atoms with Gasteiger partial charge in [-0.3, -0.25) is 14.2 Å². The Morgan fingerprint density at radius 3 is 2.82 bits per heavy atom. The maximum absolute atomic E-state index is 12.1. The number of fused-ring (bicyclic) bond motifs is 3. The number of aromatic amines is 1. The number of rotatable bonds is 3. The molecule has 2 heterocycles. The Bertz CT molecular complexity index is 869. The molecule has 0 fully saturated rings. The van der Waals surface area contributed by atoms with Gasteiger partial charge in [0.05, 0.1) is 0 Å². The van der Waals surface area contributed by atoms with Gasteiger partial charge in [0.15, 0.2) is 5.16 Å². The number of benzene rings is 1. The second-order valence-electron chi connectivity index (χ2n) is 5.50. The summed E-state index contributed by atoms with van der Waals surface area (Å²) in [6, 6.07) is 10.3. The number of hydrogen-bond acceptors (Lipinski definition) is 4. The molecule has 6 heteroatoms. The van der Waals surface area contributed by atoms with Crippen molar-refractivity contribution in [2.75, 3.05) is 0 Å². The van der Waals surface area contributed by atoms with E-state index >= 15 is 0 Å². The fourth-order valence-corrected chi connectivity index (χ4v) is 3.88. The second-order valence-corrected chi connectivity index (χ2v) is 6.44. The average molecular weight is 312 g/mol. The first-order valence-electron chi connectivity index (χ1n) is 7.49. The summed E-state index contributed by atoms with van der Waals surface area (Å²) >= 11 is 1.66. The minimum atomic E-state index is -0.00536. The van der Waals surface area contributed by atoms with Crippen molar-refractivity contribution in [3.63, 3.8) is 0 Å². The van der Waals surface area contributed by atoms with Gasteiger partial charge in [0.2, 0.25) is 5.78 Å². The molecule has 112 valence electrons. The Kier molecular flexibility index (Phi) is 3.46. The smallest absolute Gasteiger partial charge is 0.255 e. The minimum Gasteiger partial charge on any atom is -0.290 e. The molecular formula is C16H16N4OS. The first kappa shape index (κ1) is 13.6. The van der Waals surface area contributed by atoms with Crippen LogP contribution in [0, 0.1) is 0 Å². The van der Waals surface area contributed by atoms with Crippen LogP contribution in [0.1, 0.15) is 29.7 Å². The number of aryl methyl sites for hydroxylation is 1. The fraction of sp³-hybridized carbons (Fsp3) is 0.312. The van der Waals surface area contributed by atoms with Crippen molar-refractivity contribution in [2.24, 2.45) is 0 Å². The van der Waals surface area contributed by atoms with E-state index in [4.69, 9.17) is 0 Å². The largest absolute Gasteiger partial charge is 0.290 e. The van der Waals surface area contributed by atoms with Crippen molar-refractivity contribution >= 4 is 17.5 Å². The Labute approximate surface area is 131 Å². The van der Waals surface area contributed by atoms with E-state index in [1.807, 2.05) is 22.6 Å². The summed E-state index contributed by atoms with van der Waals surface area (Å²) in [7, 11) is 0. The summed E-state index contributed by atoms with van der Waals surface area (Å²) < 4.78 is 2.03. The zero-order valence-corrected chi connectivity index (χ0v) is 12.9. The summed E-state index contributed by atoms with van der Waals surface area (Å²) in [5, 5.41) is 9.26. The molecule has 0 saturated carbocycles. The predicted octanol–water partition coefficient (Wildman–Crippen LogP) is 2.59. The summed E-state index contributed by atoms with van der Waals surface area (Å²) in [6.07, 6.45) is 3.97. The lowest BCUT2D eigenvalue weighted by atomic mass is 9.97. The summed E-state index contributed by atoms with van der Waals surface area (Å²) in [5.41, 5.74) is 3.24. The third kappa shape index (κ3) is 2.33. The molecule has 0 amide bonds. The van der Waals surface area contributed by atoms with Gasteiger partial charge in [-0.25, -0.2) is 0 Å². The van der Waals surface area contributed by atoms with E-state index in [0.717, 1.165) is 47.8 Å². The van der Waals surface area contributed by atoms with Crippen LogP contribution >= 0.6 is 11.8 Å². The van der Waals surface area contributed by atoms with Gasteiger partial charge >= 0.3 is 0 Å². The molecule has 0 atom stereocenters. The van der Waals surface area contributed by atoms with Crippen molar-refractivity contribution in [1.29, 1.82) is 0 Å². The first-order chi connectivity index (χ1) is 10.8. The number of hydrogen-bond donors (Lipinski definition) is 1. The lowest BCUT2D eigenvalue weighted by Gasteiger charge is -2.16. The molecule has 1 aromatic carbocycles. The molecule has 0 saturated heterocycles. The molecule has 4 rings (SSSR count). The van der Waals surface area contributed by atoms with Crippen LogP contribution in [0.15, 0.2) is 40.3 Å². The van der Waals surface area contributed by atoms with Crippen LogP contribution in [0.5, 0.6) is 0 Å². The number of aromatic nitrogens is 4. The Balaban J connectivity index is 1.74.